The Bertz CT molecular complexity index is 388. The van der Waals surface area contributed by atoms with Gasteiger partial charge in [0.05, 0.1) is 12.5 Å². The van der Waals surface area contributed by atoms with E-state index in [0.29, 0.717) is 12.5 Å². The number of thiophene rings is 1. The van der Waals surface area contributed by atoms with Crippen LogP contribution in [0.25, 0.3) is 0 Å². The molecular formula is C13H20N2O2S. The fourth-order valence-electron chi connectivity index (χ4n) is 1.53. The summed E-state index contributed by atoms with van der Waals surface area (Å²) in [6, 6.07) is 3.62. The molecule has 0 radical (unpaired) electrons. The average molecular weight is 268 g/mol. The van der Waals surface area contributed by atoms with Crippen molar-refractivity contribution in [2.24, 2.45) is 5.92 Å². The molecule has 0 bridgehead atoms. The molecule has 100 valence electrons. The van der Waals surface area contributed by atoms with Gasteiger partial charge in [0.15, 0.2) is 0 Å². The lowest BCUT2D eigenvalue weighted by Crippen LogP contribution is -2.33. The van der Waals surface area contributed by atoms with Crippen molar-refractivity contribution in [3.63, 3.8) is 0 Å². The minimum absolute atomic E-state index is 0.0316. The lowest BCUT2D eigenvalue weighted by molar-refractivity contribution is -0.122. The van der Waals surface area contributed by atoms with Crippen LogP contribution in [-0.2, 0) is 9.59 Å². The molecule has 1 rings (SSSR count). The topological polar surface area (TPSA) is 58.2 Å². The molecular weight excluding hydrogens is 248 g/mol. The summed E-state index contributed by atoms with van der Waals surface area (Å²) in [5.41, 5.74) is 0. The second kappa shape index (κ2) is 7.16. The number of carbonyl (C=O) groups is 2. The third kappa shape index (κ3) is 5.31. The van der Waals surface area contributed by atoms with E-state index < -0.39 is 0 Å². The van der Waals surface area contributed by atoms with Crippen molar-refractivity contribution in [1.82, 2.24) is 10.6 Å². The van der Waals surface area contributed by atoms with Gasteiger partial charge in [-0.3, -0.25) is 9.59 Å². The first-order chi connectivity index (χ1) is 8.49. The monoisotopic (exact) mass is 268 g/mol. The van der Waals surface area contributed by atoms with Gasteiger partial charge < -0.3 is 10.6 Å². The van der Waals surface area contributed by atoms with Crippen LogP contribution in [0, 0.1) is 5.92 Å². The lowest BCUT2D eigenvalue weighted by atomic mass is 10.1. The molecule has 0 aliphatic carbocycles. The number of rotatable bonds is 6. The quantitative estimate of drug-likeness (QED) is 0.830. The Kier molecular flexibility index (Phi) is 5.85. The molecule has 1 heterocycles. The Balaban J connectivity index is 2.56. The van der Waals surface area contributed by atoms with Crippen LogP contribution in [0.1, 0.15) is 38.1 Å². The van der Waals surface area contributed by atoms with E-state index in [-0.39, 0.29) is 24.3 Å². The molecule has 0 aliphatic heterocycles. The smallest absolute Gasteiger partial charge is 0.222 e. The van der Waals surface area contributed by atoms with Gasteiger partial charge in [-0.25, -0.2) is 0 Å². The standard InChI is InChI=1S/C13H20N2O2S/c1-9(2)8-14-13(17)7-11(15-10(3)16)12-5-4-6-18-12/h4-6,9,11H,7-8H2,1-3H3,(H,14,17)(H,15,16). The molecule has 0 saturated heterocycles. The average Bonchev–Trinajstić information content (AvgIpc) is 2.78. The van der Waals surface area contributed by atoms with Gasteiger partial charge >= 0.3 is 0 Å². The van der Waals surface area contributed by atoms with Gasteiger partial charge in [0, 0.05) is 18.3 Å². The lowest BCUT2D eigenvalue weighted by Gasteiger charge is -2.16. The van der Waals surface area contributed by atoms with E-state index in [2.05, 4.69) is 10.6 Å². The van der Waals surface area contributed by atoms with E-state index in [1.165, 1.54) is 6.92 Å². The van der Waals surface area contributed by atoms with E-state index in [0.717, 1.165) is 4.88 Å². The van der Waals surface area contributed by atoms with Gasteiger partial charge in [-0.1, -0.05) is 19.9 Å². The van der Waals surface area contributed by atoms with Crippen LogP contribution in [-0.4, -0.2) is 18.4 Å². The first-order valence-corrected chi connectivity index (χ1v) is 6.94. The zero-order chi connectivity index (χ0) is 13.5. The number of nitrogens with one attached hydrogen (secondary N) is 2. The number of carbonyl (C=O) groups excluding carboxylic acids is 2. The van der Waals surface area contributed by atoms with E-state index in [1.54, 1.807) is 11.3 Å². The van der Waals surface area contributed by atoms with Gasteiger partial charge in [0.2, 0.25) is 11.8 Å². The summed E-state index contributed by atoms with van der Waals surface area (Å²) in [6.45, 7) is 6.22. The van der Waals surface area contributed by atoms with Crippen LogP contribution in [0.3, 0.4) is 0 Å². The molecule has 0 saturated carbocycles. The largest absolute Gasteiger partial charge is 0.356 e. The van der Waals surface area contributed by atoms with E-state index in [4.69, 9.17) is 0 Å². The molecule has 0 fully saturated rings. The Labute approximate surface area is 112 Å². The molecule has 2 N–H and O–H groups in total. The van der Waals surface area contributed by atoms with Crippen molar-refractivity contribution < 1.29 is 9.59 Å². The Morgan fingerprint density at radius 1 is 1.39 bits per heavy atom. The van der Waals surface area contributed by atoms with E-state index >= 15 is 0 Å². The third-order valence-corrected chi connectivity index (χ3v) is 3.35. The Hall–Kier alpha value is -1.36. The van der Waals surface area contributed by atoms with Crippen LogP contribution >= 0.6 is 11.3 Å². The second-order valence-corrected chi connectivity index (χ2v) is 5.65. The Morgan fingerprint density at radius 3 is 2.61 bits per heavy atom. The maximum atomic E-state index is 11.8. The van der Waals surface area contributed by atoms with Crippen molar-refractivity contribution >= 4 is 23.2 Å². The maximum absolute atomic E-state index is 11.8. The summed E-state index contributed by atoms with van der Waals surface area (Å²) in [5, 5.41) is 7.61. The van der Waals surface area contributed by atoms with Crippen molar-refractivity contribution in [1.29, 1.82) is 0 Å². The van der Waals surface area contributed by atoms with Crippen LogP contribution in [0.5, 0.6) is 0 Å². The van der Waals surface area contributed by atoms with Crippen molar-refractivity contribution in [2.45, 2.75) is 33.2 Å². The van der Waals surface area contributed by atoms with Gasteiger partial charge in [0.1, 0.15) is 0 Å². The van der Waals surface area contributed by atoms with Gasteiger partial charge in [-0.2, -0.15) is 0 Å². The number of hydrogen-bond donors (Lipinski definition) is 2. The molecule has 4 nitrogen and oxygen atoms in total. The molecule has 1 unspecified atom stereocenters. The molecule has 1 aromatic rings. The first-order valence-electron chi connectivity index (χ1n) is 6.06. The van der Waals surface area contributed by atoms with Crippen molar-refractivity contribution in [3.8, 4) is 0 Å². The van der Waals surface area contributed by atoms with Crippen LogP contribution in [0.2, 0.25) is 0 Å². The van der Waals surface area contributed by atoms with Gasteiger partial charge in [-0.15, -0.1) is 11.3 Å². The highest BCUT2D eigenvalue weighted by molar-refractivity contribution is 7.10. The van der Waals surface area contributed by atoms with E-state index in [9.17, 15) is 9.59 Å². The highest BCUT2D eigenvalue weighted by atomic mass is 32.1. The summed E-state index contributed by atoms with van der Waals surface area (Å²) in [7, 11) is 0. The highest BCUT2D eigenvalue weighted by Gasteiger charge is 2.17. The van der Waals surface area contributed by atoms with Gasteiger partial charge in [0.25, 0.3) is 0 Å². The first kappa shape index (κ1) is 14.7. The Morgan fingerprint density at radius 2 is 2.11 bits per heavy atom. The van der Waals surface area contributed by atoms with Crippen molar-refractivity contribution in [2.75, 3.05) is 6.54 Å². The zero-order valence-corrected chi connectivity index (χ0v) is 11.8. The maximum Gasteiger partial charge on any atom is 0.222 e. The summed E-state index contributed by atoms with van der Waals surface area (Å²) in [4.78, 5) is 23.9. The summed E-state index contributed by atoms with van der Waals surface area (Å²) < 4.78 is 0. The minimum Gasteiger partial charge on any atom is -0.356 e. The summed E-state index contributed by atoms with van der Waals surface area (Å²) in [5.74, 6) is 0.274. The van der Waals surface area contributed by atoms with Crippen LogP contribution in [0.15, 0.2) is 17.5 Å². The summed E-state index contributed by atoms with van der Waals surface area (Å²) >= 11 is 1.54. The molecule has 0 aliphatic rings. The zero-order valence-electron chi connectivity index (χ0n) is 11.0. The normalized spacial score (nSPS) is 12.2. The second-order valence-electron chi connectivity index (χ2n) is 4.67. The van der Waals surface area contributed by atoms with Crippen LogP contribution < -0.4 is 10.6 Å². The van der Waals surface area contributed by atoms with Crippen molar-refractivity contribution in [3.05, 3.63) is 22.4 Å². The summed E-state index contributed by atoms with van der Waals surface area (Å²) in [6.07, 6.45) is 0.285. The predicted octanol–water partition coefficient (Wildman–Crippen LogP) is 2.09. The molecule has 0 spiro atoms. The number of amides is 2. The molecule has 2 amide bonds. The molecule has 5 heteroatoms. The molecule has 0 aromatic carbocycles. The molecule has 18 heavy (non-hydrogen) atoms. The highest BCUT2D eigenvalue weighted by Crippen LogP contribution is 2.21. The predicted molar refractivity (Wildman–Crippen MR) is 73.3 cm³/mol. The van der Waals surface area contributed by atoms with Crippen LogP contribution in [0.4, 0.5) is 0 Å². The fourth-order valence-corrected chi connectivity index (χ4v) is 2.31. The third-order valence-electron chi connectivity index (χ3n) is 2.36. The van der Waals surface area contributed by atoms with E-state index in [1.807, 2.05) is 31.4 Å². The SMILES string of the molecule is CC(=O)NC(CC(=O)NCC(C)C)c1cccs1. The number of hydrogen-bond acceptors (Lipinski definition) is 3. The molecule has 1 atom stereocenters. The minimum atomic E-state index is -0.227. The van der Waals surface area contributed by atoms with Gasteiger partial charge in [-0.05, 0) is 17.4 Å². The fraction of sp³-hybridized carbons (Fsp3) is 0.538. The molecule has 1 aromatic heterocycles.